The molecule has 0 spiro atoms. The number of carbonyl (C=O) groups excluding carboxylic acids is 1. The number of likely N-dealkylation sites (tertiary alicyclic amines) is 2. The highest BCUT2D eigenvalue weighted by molar-refractivity contribution is 5.77. The minimum atomic E-state index is 0.347. The van der Waals surface area contributed by atoms with E-state index in [9.17, 15) is 4.79 Å². The minimum Gasteiger partial charge on any atom is -0.343 e. The van der Waals surface area contributed by atoms with Crippen LogP contribution >= 0.6 is 0 Å². The maximum atomic E-state index is 12.8. The van der Waals surface area contributed by atoms with Crippen LogP contribution in [0, 0.1) is 5.92 Å². The number of rotatable bonds is 6. The van der Waals surface area contributed by atoms with Crippen LogP contribution in [0.4, 0.5) is 0 Å². The fourth-order valence-corrected chi connectivity index (χ4v) is 6.18. The summed E-state index contributed by atoms with van der Waals surface area (Å²) in [4.78, 5) is 19.9. The molecule has 2 saturated heterocycles. The van der Waals surface area contributed by atoms with Gasteiger partial charge in [-0.2, -0.15) is 0 Å². The van der Waals surface area contributed by atoms with Crippen molar-refractivity contribution in [3.05, 3.63) is 59.2 Å². The van der Waals surface area contributed by atoms with Gasteiger partial charge in [0.1, 0.15) is 0 Å². The first-order chi connectivity index (χ1) is 16.1. The Hall–Kier alpha value is -2.17. The van der Waals surface area contributed by atoms with E-state index < -0.39 is 0 Å². The fraction of sp³-hybridized carbons (Fsp3) is 0.552. The zero-order valence-electron chi connectivity index (χ0n) is 20.4. The van der Waals surface area contributed by atoms with Crippen molar-refractivity contribution in [2.24, 2.45) is 5.92 Å². The molecule has 33 heavy (non-hydrogen) atoms. The molecule has 5 rings (SSSR count). The van der Waals surface area contributed by atoms with Gasteiger partial charge in [0.2, 0.25) is 5.91 Å². The van der Waals surface area contributed by atoms with Gasteiger partial charge in [0, 0.05) is 32.6 Å². The first-order valence-electron chi connectivity index (χ1n) is 12.9. The lowest BCUT2D eigenvalue weighted by molar-refractivity contribution is -0.133. The maximum Gasteiger partial charge on any atom is 0.222 e. The van der Waals surface area contributed by atoms with Crippen molar-refractivity contribution in [3.8, 4) is 11.1 Å². The minimum absolute atomic E-state index is 0.347. The number of fused-ring (bicyclic) bond motifs is 3. The van der Waals surface area contributed by atoms with E-state index in [0.717, 1.165) is 51.9 Å². The number of nitrogens with zero attached hydrogens (tertiary/aromatic N) is 3. The Balaban J connectivity index is 1.12. The lowest BCUT2D eigenvalue weighted by Crippen LogP contribution is -2.44. The van der Waals surface area contributed by atoms with E-state index in [4.69, 9.17) is 0 Å². The van der Waals surface area contributed by atoms with Crippen LogP contribution in [0.15, 0.2) is 42.5 Å². The quantitative estimate of drug-likeness (QED) is 0.545. The third-order valence-electron chi connectivity index (χ3n) is 8.26. The molecule has 1 atom stereocenters. The van der Waals surface area contributed by atoms with Gasteiger partial charge in [0.05, 0.1) is 0 Å². The molecule has 1 unspecified atom stereocenters. The second kappa shape index (κ2) is 9.99. The number of amides is 1. The summed E-state index contributed by atoms with van der Waals surface area (Å²) >= 11 is 0. The summed E-state index contributed by atoms with van der Waals surface area (Å²) in [5.74, 6) is 0.993. The fourth-order valence-electron chi connectivity index (χ4n) is 6.18. The van der Waals surface area contributed by atoms with E-state index in [1.54, 1.807) is 0 Å². The van der Waals surface area contributed by atoms with Crippen molar-refractivity contribution in [2.45, 2.75) is 57.5 Å². The van der Waals surface area contributed by atoms with Gasteiger partial charge < -0.3 is 9.80 Å². The van der Waals surface area contributed by atoms with Crippen molar-refractivity contribution < 1.29 is 4.79 Å². The average molecular weight is 446 g/mol. The molecule has 0 aromatic heterocycles. The molecule has 4 nitrogen and oxygen atoms in total. The molecular formula is C29H39N3O. The predicted molar refractivity (Wildman–Crippen MR) is 135 cm³/mol. The summed E-state index contributed by atoms with van der Waals surface area (Å²) in [5.41, 5.74) is 7.19. The Bertz CT molecular complexity index is 979. The second-order valence-electron chi connectivity index (χ2n) is 10.6. The molecule has 1 amide bonds. The molecule has 0 N–H and O–H groups in total. The van der Waals surface area contributed by atoms with Crippen molar-refractivity contribution in [1.82, 2.24) is 14.7 Å². The first kappa shape index (κ1) is 22.6. The van der Waals surface area contributed by atoms with E-state index in [1.807, 2.05) is 7.05 Å². The molecule has 0 saturated carbocycles. The highest BCUT2D eigenvalue weighted by atomic mass is 16.2. The third-order valence-corrected chi connectivity index (χ3v) is 8.26. The molecule has 0 bridgehead atoms. The Morgan fingerprint density at radius 3 is 2.64 bits per heavy atom. The molecule has 3 aliphatic rings. The summed E-state index contributed by atoms with van der Waals surface area (Å²) in [6.45, 7) is 5.55. The van der Waals surface area contributed by atoms with Crippen molar-refractivity contribution in [3.63, 3.8) is 0 Å². The van der Waals surface area contributed by atoms with Crippen LogP contribution in [0.2, 0.25) is 0 Å². The monoisotopic (exact) mass is 445 g/mol. The number of hydrogen-bond donors (Lipinski definition) is 0. The van der Waals surface area contributed by atoms with E-state index in [2.05, 4.69) is 64.2 Å². The predicted octanol–water partition coefficient (Wildman–Crippen LogP) is 4.80. The first-order valence-corrected chi connectivity index (χ1v) is 12.9. The maximum absolute atomic E-state index is 12.8. The molecular weight excluding hydrogens is 406 g/mol. The molecule has 176 valence electrons. The second-order valence-corrected chi connectivity index (χ2v) is 10.6. The van der Waals surface area contributed by atoms with Gasteiger partial charge in [-0.15, -0.1) is 0 Å². The summed E-state index contributed by atoms with van der Waals surface area (Å²) in [5, 5.41) is 0. The largest absolute Gasteiger partial charge is 0.343 e. The van der Waals surface area contributed by atoms with Crippen molar-refractivity contribution >= 4 is 5.91 Å². The zero-order chi connectivity index (χ0) is 22.8. The van der Waals surface area contributed by atoms with Gasteiger partial charge in [0.25, 0.3) is 0 Å². The Kier molecular flexibility index (Phi) is 6.84. The van der Waals surface area contributed by atoms with E-state index >= 15 is 0 Å². The Labute approximate surface area is 199 Å². The van der Waals surface area contributed by atoms with Crippen LogP contribution in [0.1, 0.15) is 55.2 Å². The molecule has 2 aromatic rings. The normalized spacial score (nSPS) is 21.6. The number of benzene rings is 2. The van der Waals surface area contributed by atoms with Crippen LogP contribution in [0.25, 0.3) is 11.1 Å². The molecule has 2 fully saturated rings. The Morgan fingerprint density at radius 2 is 1.79 bits per heavy atom. The lowest BCUT2D eigenvalue weighted by atomic mass is 9.92. The topological polar surface area (TPSA) is 26.8 Å². The summed E-state index contributed by atoms with van der Waals surface area (Å²) in [6, 6.07) is 16.3. The summed E-state index contributed by atoms with van der Waals surface area (Å²) < 4.78 is 0. The summed E-state index contributed by atoms with van der Waals surface area (Å²) in [7, 11) is 4.20. The molecule has 0 radical (unpaired) electrons. The smallest absolute Gasteiger partial charge is 0.222 e. The van der Waals surface area contributed by atoms with Gasteiger partial charge in [-0.1, -0.05) is 42.5 Å². The molecule has 2 heterocycles. The van der Waals surface area contributed by atoms with Crippen molar-refractivity contribution in [2.75, 3.05) is 40.3 Å². The number of piperidine rings is 2. The van der Waals surface area contributed by atoms with Gasteiger partial charge >= 0.3 is 0 Å². The molecule has 2 aliphatic heterocycles. The van der Waals surface area contributed by atoms with Gasteiger partial charge in [0.15, 0.2) is 0 Å². The van der Waals surface area contributed by atoms with Crippen LogP contribution < -0.4 is 0 Å². The van der Waals surface area contributed by atoms with Crippen molar-refractivity contribution in [1.29, 1.82) is 0 Å². The number of carbonyl (C=O) groups is 1. The van der Waals surface area contributed by atoms with Crippen LogP contribution in [-0.2, 0) is 17.8 Å². The average Bonchev–Trinajstić information content (AvgIpc) is 3.20. The van der Waals surface area contributed by atoms with Crippen LogP contribution in [0.3, 0.4) is 0 Å². The van der Waals surface area contributed by atoms with Gasteiger partial charge in [-0.05, 0) is 98.9 Å². The van der Waals surface area contributed by atoms with E-state index in [0.29, 0.717) is 24.3 Å². The third kappa shape index (κ3) is 5.17. The van der Waals surface area contributed by atoms with E-state index in [-0.39, 0.29) is 0 Å². The van der Waals surface area contributed by atoms with Gasteiger partial charge in [-0.25, -0.2) is 0 Å². The molecule has 1 aliphatic carbocycles. The lowest BCUT2D eigenvalue weighted by Gasteiger charge is -2.36. The Morgan fingerprint density at radius 1 is 1.00 bits per heavy atom. The summed E-state index contributed by atoms with van der Waals surface area (Å²) in [6.07, 6.45) is 7.55. The van der Waals surface area contributed by atoms with E-state index in [1.165, 1.54) is 47.2 Å². The molecule has 4 heteroatoms. The number of hydrogen-bond acceptors (Lipinski definition) is 3. The highest BCUT2D eigenvalue weighted by Gasteiger charge is 2.26. The SMILES string of the molecule is CN1CCC(N(C)C(=O)CCC2CCCN(Cc3ccc4c(c3)Cc3ccccc3-4)C2)CC1. The van der Waals surface area contributed by atoms with Crippen LogP contribution in [-0.4, -0.2) is 66.9 Å². The standard InChI is InChI=1S/C29H39N3O/c1-30-16-13-26(14-17-30)31(2)29(33)12-10-22-6-5-15-32(20-22)21-23-9-11-28-25(18-23)19-24-7-3-4-8-27(24)28/h3-4,7-9,11,18,22,26H,5-6,10,12-17,19-21H2,1-2H3. The van der Waals surface area contributed by atoms with Gasteiger partial charge in [-0.3, -0.25) is 9.69 Å². The highest BCUT2D eigenvalue weighted by Crippen LogP contribution is 2.37. The zero-order valence-corrected chi connectivity index (χ0v) is 20.4. The molecule has 2 aromatic carbocycles. The van der Waals surface area contributed by atoms with Crippen LogP contribution in [0.5, 0.6) is 0 Å².